The van der Waals surface area contributed by atoms with Gasteiger partial charge in [0.15, 0.2) is 0 Å². The zero-order valence-corrected chi connectivity index (χ0v) is 18.0. The smallest absolute Gasteiger partial charge is 0.242 e. The van der Waals surface area contributed by atoms with E-state index < -0.39 is 22.0 Å². The van der Waals surface area contributed by atoms with Gasteiger partial charge in [-0.2, -0.15) is 4.72 Å². The molecular weight excluding hydrogens is 432 g/mol. The van der Waals surface area contributed by atoms with E-state index in [9.17, 15) is 13.2 Å². The van der Waals surface area contributed by atoms with Gasteiger partial charge in [0.2, 0.25) is 15.9 Å². The molecule has 0 aliphatic carbocycles. The molecule has 8 heteroatoms. The highest BCUT2D eigenvalue weighted by atomic mass is 79.9. The van der Waals surface area contributed by atoms with Crippen LogP contribution in [0.25, 0.3) is 0 Å². The summed E-state index contributed by atoms with van der Waals surface area (Å²) in [6, 6.07) is 10.5. The molecule has 0 radical (unpaired) electrons. The van der Waals surface area contributed by atoms with E-state index in [0.29, 0.717) is 11.4 Å². The third-order valence-corrected chi connectivity index (χ3v) is 6.00. The van der Waals surface area contributed by atoms with Crippen LogP contribution >= 0.6 is 15.9 Å². The number of carbonyl (C=O) groups excluding carboxylic acids is 1. The van der Waals surface area contributed by atoms with Crippen molar-refractivity contribution in [1.82, 2.24) is 4.72 Å². The molecule has 0 unspecified atom stereocenters. The number of benzene rings is 2. The second-order valence-corrected chi connectivity index (χ2v) is 9.10. The van der Waals surface area contributed by atoms with Crippen molar-refractivity contribution in [1.29, 1.82) is 0 Å². The minimum Gasteiger partial charge on any atom is -0.497 e. The Balaban J connectivity index is 2.21. The molecule has 0 aromatic heterocycles. The Labute approximate surface area is 168 Å². The molecule has 0 spiro atoms. The maximum Gasteiger partial charge on any atom is 0.242 e. The molecule has 0 heterocycles. The summed E-state index contributed by atoms with van der Waals surface area (Å²) >= 11 is 3.38. The number of rotatable bonds is 7. The van der Waals surface area contributed by atoms with Crippen LogP contribution in [0.5, 0.6) is 5.75 Å². The van der Waals surface area contributed by atoms with Gasteiger partial charge in [0.25, 0.3) is 0 Å². The zero-order chi connectivity index (χ0) is 20.2. The summed E-state index contributed by atoms with van der Waals surface area (Å²) in [5, 5.41) is 2.80. The Hall–Kier alpha value is -1.90. The Morgan fingerprint density at radius 1 is 1.11 bits per heavy atom. The molecule has 1 amide bonds. The lowest BCUT2D eigenvalue weighted by Gasteiger charge is -2.22. The van der Waals surface area contributed by atoms with Gasteiger partial charge in [-0.15, -0.1) is 0 Å². The fourth-order valence-corrected chi connectivity index (χ4v) is 4.28. The molecule has 2 aromatic rings. The topological polar surface area (TPSA) is 84.5 Å². The van der Waals surface area contributed by atoms with Crippen molar-refractivity contribution >= 4 is 37.5 Å². The van der Waals surface area contributed by atoms with Crippen LogP contribution in [0.3, 0.4) is 0 Å². The van der Waals surface area contributed by atoms with Crippen LogP contribution in [0.4, 0.5) is 5.69 Å². The van der Waals surface area contributed by atoms with Crippen LogP contribution in [0.15, 0.2) is 51.8 Å². The molecule has 0 aliphatic heterocycles. The van der Waals surface area contributed by atoms with Gasteiger partial charge in [-0.1, -0.05) is 29.8 Å². The van der Waals surface area contributed by atoms with Gasteiger partial charge in [-0.3, -0.25) is 4.79 Å². The Morgan fingerprint density at radius 2 is 1.74 bits per heavy atom. The summed E-state index contributed by atoms with van der Waals surface area (Å²) in [5.74, 6) is -0.0981. The van der Waals surface area contributed by atoms with Crippen molar-refractivity contribution in [2.24, 2.45) is 5.92 Å². The van der Waals surface area contributed by atoms with Crippen LogP contribution in [-0.4, -0.2) is 27.5 Å². The second-order valence-electron chi connectivity index (χ2n) is 6.47. The van der Waals surface area contributed by atoms with Crippen LogP contribution in [0.1, 0.15) is 19.4 Å². The molecule has 0 bridgehead atoms. The lowest BCUT2D eigenvalue weighted by atomic mass is 10.0. The molecule has 1 atom stereocenters. The number of anilines is 1. The number of aryl methyl sites for hydroxylation is 1. The first-order valence-corrected chi connectivity index (χ1v) is 10.6. The molecule has 0 saturated heterocycles. The lowest BCUT2D eigenvalue weighted by Crippen LogP contribution is -2.47. The predicted octanol–water partition coefficient (Wildman–Crippen LogP) is 3.71. The number of carbonyl (C=O) groups is 1. The first kappa shape index (κ1) is 21.4. The second kappa shape index (κ2) is 8.86. The maximum absolute atomic E-state index is 12.7. The summed E-state index contributed by atoms with van der Waals surface area (Å²) in [6.07, 6.45) is 0. The number of nitrogens with one attached hydrogen (secondary N) is 2. The summed E-state index contributed by atoms with van der Waals surface area (Å²) in [4.78, 5) is 12.8. The molecule has 0 fully saturated rings. The van der Waals surface area contributed by atoms with E-state index in [0.717, 1.165) is 10.0 Å². The van der Waals surface area contributed by atoms with E-state index in [1.807, 2.05) is 19.1 Å². The largest absolute Gasteiger partial charge is 0.497 e. The average Bonchev–Trinajstić information content (AvgIpc) is 2.61. The first-order valence-electron chi connectivity index (χ1n) is 8.37. The van der Waals surface area contributed by atoms with Crippen molar-refractivity contribution in [3.05, 3.63) is 52.5 Å². The van der Waals surface area contributed by atoms with Crippen molar-refractivity contribution < 1.29 is 17.9 Å². The van der Waals surface area contributed by atoms with Crippen molar-refractivity contribution in [2.45, 2.75) is 31.7 Å². The molecule has 0 aliphatic rings. The summed E-state index contributed by atoms with van der Waals surface area (Å²) in [6.45, 7) is 5.44. The standard InChI is InChI=1S/C19H23BrN2O4S/c1-12(2)18(19(23)21-17-10-5-14(20)11-13(17)3)22-27(24,25)16-8-6-15(26-4)7-9-16/h5-12,18,22H,1-4H3,(H,21,23)/t18-/m0/s1. The highest BCUT2D eigenvalue weighted by molar-refractivity contribution is 9.10. The Morgan fingerprint density at radius 3 is 2.26 bits per heavy atom. The van der Waals surface area contributed by atoms with Gasteiger partial charge in [-0.05, 0) is 60.9 Å². The summed E-state index contributed by atoms with van der Waals surface area (Å²) < 4.78 is 33.8. The number of amides is 1. The van der Waals surface area contributed by atoms with Crippen LogP contribution < -0.4 is 14.8 Å². The minimum absolute atomic E-state index is 0.0709. The van der Waals surface area contributed by atoms with Gasteiger partial charge in [0, 0.05) is 10.2 Å². The predicted molar refractivity (Wildman–Crippen MR) is 109 cm³/mol. The number of methoxy groups -OCH3 is 1. The third-order valence-electron chi connectivity index (χ3n) is 4.05. The van der Waals surface area contributed by atoms with Crippen LogP contribution in [-0.2, 0) is 14.8 Å². The fraction of sp³-hybridized carbons (Fsp3) is 0.316. The highest BCUT2D eigenvalue weighted by Crippen LogP contribution is 2.21. The van der Waals surface area contributed by atoms with Crippen molar-refractivity contribution in [3.8, 4) is 5.75 Å². The Bertz CT molecular complexity index is 912. The third kappa shape index (κ3) is 5.54. The summed E-state index contributed by atoms with van der Waals surface area (Å²) in [7, 11) is -2.35. The van der Waals surface area contributed by atoms with Gasteiger partial charge in [-0.25, -0.2) is 8.42 Å². The monoisotopic (exact) mass is 454 g/mol. The first-order chi connectivity index (χ1) is 12.6. The number of hydrogen-bond acceptors (Lipinski definition) is 4. The van der Waals surface area contributed by atoms with Gasteiger partial charge in [0.05, 0.1) is 12.0 Å². The molecular formula is C19H23BrN2O4S. The molecule has 6 nitrogen and oxygen atoms in total. The molecule has 2 N–H and O–H groups in total. The zero-order valence-electron chi connectivity index (χ0n) is 15.6. The van der Waals surface area contributed by atoms with Crippen molar-refractivity contribution in [2.75, 3.05) is 12.4 Å². The van der Waals surface area contributed by atoms with E-state index in [1.165, 1.54) is 19.2 Å². The number of sulfonamides is 1. The van der Waals surface area contributed by atoms with Crippen molar-refractivity contribution in [3.63, 3.8) is 0 Å². The van der Waals surface area contributed by atoms with E-state index in [1.54, 1.807) is 32.0 Å². The lowest BCUT2D eigenvalue weighted by molar-refractivity contribution is -0.118. The Kier molecular flexibility index (Phi) is 7.02. The number of hydrogen-bond donors (Lipinski definition) is 2. The quantitative estimate of drug-likeness (QED) is 0.667. The average molecular weight is 455 g/mol. The molecule has 27 heavy (non-hydrogen) atoms. The number of ether oxygens (including phenoxy) is 1. The van der Waals surface area contributed by atoms with E-state index in [2.05, 4.69) is 26.0 Å². The van der Waals surface area contributed by atoms with E-state index in [4.69, 9.17) is 4.74 Å². The molecule has 0 saturated carbocycles. The van der Waals surface area contributed by atoms with Crippen LogP contribution in [0.2, 0.25) is 0 Å². The minimum atomic E-state index is -3.86. The molecule has 2 aromatic carbocycles. The summed E-state index contributed by atoms with van der Waals surface area (Å²) in [5.41, 5.74) is 1.51. The van der Waals surface area contributed by atoms with Crippen LogP contribution in [0, 0.1) is 12.8 Å². The normalized spacial score (nSPS) is 12.7. The SMILES string of the molecule is COc1ccc(S(=O)(=O)N[C@H](C(=O)Nc2ccc(Br)cc2C)C(C)C)cc1. The highest BCUT2D eigenvalue weighted by Gasteiger charge is 2.28. The molecule has 2 rings (SSSR count). The van der Waals surface area contributed by atoms with E-state index in [-0.39, 0.29) is 10.8 Å². The van der Waals surface area contributed by atoms with Gasteiger partial charge >= 0.3 is 0 Å². The van der Waals surface area contributed by atoms with Gasteiger partial charge in [0.1, 0.15) is 11.8 Å². The number of halogens is 1. The fourth-order valence-electron chi connectivity index (χ4n) is 2.46. The molecule has 146 valence electrons. The van der Waals surface area contributed by atoms with Gasteiger partial charge < -0.3 is 10.1 Å². The van der Waals surface area contributed by atoms with E-state index >= 15 is 0 Å². The maximum atomic E-state index is 12.7.